The zero-order chi connectivity index (χ0) is 13.8. The Morgan fingerprint density at radius 3 is 2.79 bits per heavy atom. The van der Waals surface area contributed by atoms with E-state index in [1.54, 1.807) is 12.1 Å². The first-order valence-corrected chi connectivity index (χ1v) is 7.02. The molecule has 4 nitrogen and oxygen atoms in total. The predicted octanol–water partition coefficient (Wildman–Crippen LogP) is 2.52. The molecule has 19 heavy (non-hydrogen) atoms. The third-order valence-corrected chi connectivity index (χ3v) is 3.72. The van der Waals surface area contributed by atoms with Crippen LogP contribution in [0.2, 0.25) is 5.02 Å². The maximum atomic E-state index is 10.3. The smallest absolute Gasteiger partial charge is 0.179 e. The lowest BCUT2D eigenvalue weighted by atomic mass is 9.93. The minimum atomic E-state index is -0.635. The second-order valence-corrected chi connectivity index (χ2v) is 5.14. The number of hydrogen-bond acceptors (Lipinski definition) is 4. The molecule has 1 aromatic rings. The standard InChI is InChI=1S/C14H20ClNO3/c1-2-9(8-16)13(17)10-6-11(15)14-12(7-10)18-4-3-5-19-14/h6-7,9,13,17H,2-5,8,16H2,1H3. The van der Waals surface area contributed by atoms with E-state index in [2.05, 4.69) is 0 Å². The van der Waals surface area contributed by atoms with Crippen LogP contribution < -0.4 is 15.2 Å². The molecule has 3 N–H and O–H groups in total. The number of aliphatic hydroxyl groups is 1. The van der Waals surface area contributed by atoms with Crippen molar-refractivity contribution in [2.24, 2.45) is 11.7 Å². The zero-order valence-electron chi connectivity index (χ0n) is 11.1. The van der Waals surface area contributed by atoms with Gasteiger partial charge in [0.2, 0.25) is 0 Å². The molecule has 0 saturated carbocycles. The van der Waals surface area contributed by atoms with Crippen LogP contribution in [-0.2, 0) is 0 Å². The maximum absolute atomic E-state index is 10.3. The molecule has 0 spiro atoms. The molecule has 2 atom stereocenters. The molecular weight excluding hydrogens is 266 g/mol. The minimum absolute atomic E-state index is 0.0146. The Morgan fingerprint density at radius 1 is 1.37 bits per heavy atom. The average Bonchev–Trinajstić information content (AvgIpc) is 2.65. The van der Waals surface area contributed by atoms with E-state index in [9.17, 15) is 5.11 Å². The molecule has 0 amide bonds. The van der Waals surface area contributed by atoms with Crippen LogP contribution in [0.4, 0.5) is 0 Å². The number of halogens is 1. The Bertz CT molecular complexity index is 435. The van der Waals surface area contributed by atoms with Crippen molar-refractivity contribution in [3.63, 3.8) is 0 Å². The van der Waals surface area contributed by atoms with Crippen molar-refractivity contribution in [2.75, 3.05) is 19.8 Å². The van der Waals surface area contributed by atoms with E-state index in [0.29, 0.717) is 36.3 Å². The Morgan fingerprint density at radius 2 is 2.11 bits per heavy atom. The van der Waals surface area contributed by atoms with Gasteiger partial charge < -0.3 is 20.3 Å². The van der Waals surface area contributed by atoms with E-state index in [1.807, 2.05) is 6.92 Å². The fourth-order valence-electron chi connectivity index (χ4n) is 2.21. The summed E-state index contributed by atoms with van der Waals surface area (Å²) >= 11 is 6.21. The van der Waals surface area contributed by atoms with E-state index in [-0.39, 0.29) is 5.92 Å². The summed E-state index contributed by atoms with van der Waals surface area (Å²) in [4.78, 5) is 0. The second kappa shape index (κ2) is 6.46. The fraction of sp³-hybridized carbons (Fsp3) is 0.571. The molecule has 0 aromatic heterocycles. The number of benzene rings is 1. The summed E-state index contributed by atoms with van der Waals surface area (Å²) in [6.07, 6.45) is 0.997. The Kier molecular flexibility index (Phi) is 4.91. The van der Waals surface area contributed by atoms with Gasteiger partial charge in [-0.2, -0.15) is 0 Å². The maximum Gasteiger partial charge on any atom is 0.179 e. The van der Waals surface area contributed by atoms with Crippen LogP contribution in [0.15, 0.2) is 12.1 Å². The van der Waals surface area contributed by atoms with Crippen molar-refractivity contribution in [1.29, 1.82) is 0 Å². The number of ether oxygens (including phenoxy) is 2. The average molecular weight is 286 g/mol. The van der Waals surface area contributed by atoms with E-state index in [1.165, 1.54) is 0 Å². The van der Waals surface area contributed by atoms with Crippen LogP contribution in [0.25, 0.3) is 0 Å². The Hall–Kier alpha value is -0.970. The number of hydrogen-bond donors (Lipinski definition) is 2. The van der Waals surface area contributed by atoms with Gasteiger partial charge in [0.1, 0.15) is 0 Å². The molecule has 1 heterocycles. The van der Waals surface area contributed by atoms with Crippen molar-refractivity contribution in [1.82, 2.24) is 0 Å². The van der Waals surface area contributed by atoms with Gasteiger partial charge in [-0.25, -0.2) is 0 Å². The molecule has 1 aromatic carbocycles. The van der Waals surface area contributed by atoms with Crippen LogP contribution in [0.1, 0.15) is 31.4 Å². The molecule has 0 saturated heterocycles. The number of fused-ring (bicyclic) bond motifs is 1. The van der Waals surface area contributed by atoms with E-state index in [0.717, 1.165) is 18.4 Å². The molecule has 0 bridgehead atoms. The number of aliphatic hydroxyl groups excluding tert-OH is 1. The number of nitrogens with two attached hydrogens (primary N) is 1. The van der Waals surface area contributed by atoms with Crippen molar-refractivity contribution < 1.29 is 14.6 Å². The summed E-state index contributed by atoms with van der Waals surface area (Å²) < 4.78 is 11.2. The van der Waals surface area contributed by atoms with Crippen molar-refractivity contribution >= 4 is 11.6 Å². The van der Waals surface area contributed by atoms with E-state index < -0.39 is 6.10 Å². The van der Waals surface area contributed by atoms with E-state index >= 15 is 0 Å². The van der Waals surface area contributed by atoms with Gasteiger partial charge in [0, 0.05) is 12.3 Å². The van der Waals surface area contributed by atoms with Gasteiger partial charge in [-0.1, -0.05) is 18.5 Å². The van der Waals surface area contributed by atoms with Gasteiger partial charge in [-0.05, 0) is 30.7 Å². The van der Waals surface area contributed by atoms with Crippen LogP contribution in [-0.4, -0.2) is 24.9 Å². The van der Waals surface area contributed by atoms with Crippen LogP contribution in [0.5, 0.6) is 11.5 Å². The Balaban J connectivity index is 2.32. The molecule has 0 aliphatic carbocycles. The van der Waals surface area contributed by atoms with Crippen LogP contribution in [0.3, 0.4) is 0 Å². The highest BCUT2D eigenvalue weighted by Crippen LogP contribution is 2.40. The third kappa shape index (κ3) is 3.14. The van der Waals surface area contributed by atoms with Gasteiger partial charge >= 0.3 is 0 Å². The van der Waals surface area contributed by atoms with Gasteiger partial charge in [-0.3, -0.25) is 0 Å². The largest absolute Gasteiger partial charge is 0.489 e. The zero-order valence-corrected chi connectivity index (χ0v) is 11.8. The SMILES string of the molecule is CCC(CN)C(O)c1cc(Cl)c2c(c1)OCCCO2. The van der Waals surface area contributed by atoms with Gasteiger partial charge in [-0.15, -0.1) is 0 Å². The molecule has 0 fully saturated rings. The summed E-state index contributed by atoms with van der Waals surface area (Å²) in [5, 5.41) is 10.8. The van der Waals surface area contributed by atoms with Crippen LogP contribution in [0, 0.1) is 5.92 Å². The van der Waals surface area contributed by atoms with Crippen molar-refractivity contribution in [3.8, 4) is 11.5 Å². The molecule has 106 valence electrons. The normalized spacial score (nSPS) is 17.7. The molecule has 0 radical (unpaired) electrons. The third-order valence-electron chi connectivity index (χ3n) is 3.44. The minimum Gasteiger partial charge on any atom is -0.489 e. The topological polar surface area (TPSA) is 64.7 Å². The summed E-state index contributed by atoms with van der Waals surface area (Å²) in [6, 6.07) is 3.54. The lowest BCUT2D eigenvalue weighted by Gasteiger charge is -2.21. The summed E-state index contributed by atoms with van der Waals surface area (Å²) in [6.45, 7) is 3.63. The predicted molar refractivity (Wildman–Crippen MR) is 74.9 cm³/mol. The highest BCUT2D eigenvalue weighted by Gasteiger charge is 2.22. The quantitative estimate of drug-likeness (QED) is 0.892. The fourth-order valence-corrected chi connectivity index (χ4v) is 2.49. The lowest BCUT2D eigenvalue weighted by molar-refractivity contribution is 0.109. The monoisotopic (exact) mass is 285 g/mol. The first-order valence-electron chi connectivity index (χ1n) is 6.64. The highest BCUT2D eigenvalue weighted by atomic mass is 35.5. The van der Waals surface area contributed by atoms with Crippen LogP contribution >= 0.6 is 11.6 Å². The van der Waals surface area contributed by atoms with Crippen molar-refractivity contribution in [2.45, 2.75) is 25.9 Å². The molecule has 5 heteroatoms. The molecule has 1 aliphatic heterocycles. The van der Waals surface area contributed by atoms with Crippen molar-refractivity contribution in [3.05, 3.63) is 22.7 Å². The van der Waals surface area contributed by atoms with Gasteiger partial charge in [0.25, 0.3) is 0 Å². The molecule has 2 unspecified atom stereocenters. The second-order valence-electron chi connectivity index (χ2n) is 4.73. The number of rotatable bonds is 4. The van der Waals surface area contributed by atoms with Gasteiger partial charge in [0.15, 0.2) is 11.5 Å². The van der Waals surface area contributed by atoms with E-state index in [4.69, 9.17) is 26.8 Å². The first kappa shape index (κ1) is 14.4. The summed E-state index contributed by atoms with van der Waals surface area (Å²) in [7, 11) is 0. The molecule has 2 rings (SSSR count). The van der Waals surface area contributed by atoms with Gasteiger partial charge in [0.05, 0.1) is 24.3 Å². The first-order chi connectivity index (χ1) is 9.17. The summed E-state index contributed by atoms with van der Waals surface area (Å²) in [5.41, 5.74) is 6.40. The summed E-state index contributed by atoms with van der Waals surface area (Å²) in [5.74, 6) is 1.18. The lowest BCUT2D eigenvalue weighted by Crippen LogP contribution is -2.21. The Labute approximate surface area is 118 Å². The highest BCUT2D eigenvalue weighted by molar-refractivity contribution is 6.32. The molecule has 1 aliphatic rings. The molecular formula is C14H20ClNO3.